The van der Waals surface area contributed by atoms with E-state index < -0.39 is 0 Å². The van der Waals surface area contributed by atoms with Crippen molar-refractivity contribution in [1.82, 2.24) is 4.90 Å². The molecule has 3 nitrogen and oxygen atoms in total. The number of nitrogens with two attached hydrogens (primary N) is 1. The van der Waals surface area contributed by atoms with Crippen LogP contribution < -0.4 is 5.73 Å². The molecule has 0 spiro atoms. The second-order valence-corrected chi connectivity index (χ2v) is 5.16. The molecule has 4 heteroatoms. The SMILES string of the molecule is CC(N)C(c1ccccc1F)N1CCC(CO)C1. The predicted octanol–water partition coefficient (Wildman–Crippen LogP) is 1.53. The van der Waals surface area contributed by atoms with Gasteiger partial charge in [0.1, 0.15) is 5.82 Å². The third-order valence-corrected chi connectivity index (χ3v) is 3.69. The number of hydrogen-bond acceptors (Lipinski definition) is 3. The van der Waals surface area contributed by atoms with E-state index in [2.05, 4.69) is 4.90 Å². The van der Waals surface area contributed by atoms with E-state index in [1.54, 1.807) is 12.1 Å². The van der Waals surface area contributed by atoms with Crippen LogP contribution in [0.15, 0.2) is 24.3 Å². The smallest absolute Gasteiger partial charge is 0.128 e. The topological polar surface area (TPSA) is 49.5 Å². The molecular weight excluding hydrogens is 231 g/mol. The Morgan fingerprint density at radius 1 is 1.50 bits per heavy atom. The minimum absolute atomic E-state index is 0.109. The molecule has 100 valence electrons. The quantitative estimate of drug-likeness (QED) is 0.854. The molecule has 1 aromatic rings. The van der Waals surface area contributed by atoms with Crippen molar-refractivity contribution in [3.8, 4) is 0 Å². The normalized spacial score (nSPS) is 24.1. The molecule has 1 saturated heterocycles. The Labute approximate surface area is 107 Å². The molecule has 2 rings (SSSR count). The van der Waals surface area contributed by atoms with Gasteiger partial charge in [0, 0.05) is 24.8 Å². The lowest BCUT2D eigenvalue weighted by Gasteiger charge is -2.31. The summed E-state index contributed by atoms with van der Waals surface area (Å²) in [5, 5.41) is 9.20. The van der Waals surface area contributed by atoms with Crippen LogP contribution in [0.3, 0.4) is 0 Å². The average molecular weight is 252 g/mol. The van der Waals surface area contributed by atoms with Crippen LogP contribution in [0, 0.1) is 11.7 Å². The molecular formula is C14H21FN2O. The van der Waals surface area contributed by atoms with Crippen LogP contribution in [0.25, 0.3) is 0 Å². The van der Waals surface area contributed by atoms with Gasteiger partial charge in [0.15, 0.2) is 0 Å². The van der Waals surface area contributed by atoms with Gasteiger partial charge in [0.2, 0.25) is 0 Å². The first-order valence-electron chi connectivity index (χ1n) is 6.48. The molecule has 3 N–H and O–H groups in total. The van der Waals surface area contributed by atoms with E-state index >= 15 is 0 Å². The maximum Gasteiger partial charge on any atom is 0.128 e. The summed E-state index contributed by atoms with van der Waals surface area (Å²) >= 11 is 0. The summed E-state index contributed by atoms with van der Waals surface area (Å²) in [6, 6.07) is 6.56. The number of aliphatic hydroxyl groups excluding tert-OH is 1. The van der Waals surface area contributed by atoms with Crippen molar-refractivity contribution < 1.29 is 9.50 Å². The summed E-state index contributed by atoms with van der Waals surface area (Å²) in [6.07, 6.45) is 0.953. The Bertz CT molecular complexity index is 397. The Morgan fingerprint density at radius 3 is 2.78 bits per heavy atom. The largest absolute Gasteiger partial charge is 0.396 e. The van der Waals surface area contributed by atoms with E-state index in [0.717, 1.165) is 19.5 Å². The summed E-state index contributed by atoms with van der Waals surface area (Å²) in [6.45, 7) is 3.76. The fourth-order valence-corrected chi connectivity index (χ4v) is 2.79. The minimum atomic E-state index is -0.202. The standard InChI is InChI=1S/C14H21FN2O/c1-10(16)14(12-4-2-3-5-13(12)15)17-7-6-11(8-17)9-18/h2-5,10-11,14,18H,6-9,16H2,1H3. The van der Waals surface area contributed by atoms with Gasteiger partial charge in [-0.15, -0.1) is 0 Å². The monoisotopic (exact) mass is 252 g/mol. The minimum Gasteiger partial charge on any atom is -0.396 e. The fourth-order valence-electron chi connectivity index (χ4n) is 2.79. The van der Waals surface area contributed by atoms with Crippen LogP contribution in [0.2, 0.25) is 0 Å². The van der Waals surface area contributed by atoms with Crippen molar-refractivity contribution in [3.05, 3.63) is 35.6 Å². The van der Waals surface area contributed by atoms with Crippen LogP contribution in [-0.4, -0.2) is 35.7 Å². The summed E-state index contributed by atoms with van der Waals surface area (Å²) in [5.41, 5.74) is 6.69. The maximum atomic E-state index is 13.9. The van der Waals surface area contributed by atoms with Gasteiger partial charge in [-0.3, -0.25) is 4.90 Å². The van der Waals surface area contributed by atoms with Gasteiger partial charge in [-0.1, -0.05) is 18.2 Å². The lowest BCUT2D eigenvalue weighted by Crippen LogP contribution is -2.39. The van der Waals surface area contributed by atoms with Crippen LogP contribution in [-0.2, 0) is 0 Å². The van der Waals surface area contributed by atoms with Gasteiger partial charge in [0.25, 0.3) is 0 Å². The van der Waals surface area contributed by atoms with Crippen LogP contribution >= 0.6 is 0 Å². The van der Waals surface area contributed by atoms with Gasteiger partial charge in [-0.05, 0) is 31.9 Å². The predicted molar refractivity (Wildman–Crippen MR) is 69.6 cm³/mol. The maximum absolute atomic E-state index is 13.9. The van der Waals surface area contributed by atoms with Gasteiger partial charge >= 0.3 is 0 Å². The summed E-state index contributed by atoms with van der Waals surface area (Å²) in [7, 11) is 0. The first-order valence-corrected chi connectivity index (χ1v) is 6.48. The molecule has 0 aliphatic carbocycles. The zero-order valence-corrected chi connectivity index (χ0v) is 10.7. The number of aliphatic hydroxyl groups is 1. The molecule has 1 aliphatic rings. The molecule has 1 fully saturated rings. The van der Waals surface area contributed by atoms with Gasteiger partial charge in [-0.25, -0.2) is 4.39 Å². The molecule has 18 heavy (non-hydrogen) atoms. The highest BCUT2D eigenvalue weighted by Gasteiger charge is 2.32. The number of nitrogens with zero attached hydrogens (tertiary/aromatic N) is 1. The third-order valence-electron chi connectivity index (χ3n) is 3.69. The number of benzene rings is 1. The first kappa shape index (κ1) is 13.5. The highest BCUT2D eigenvalue weighted by atomic mass is 19.1. The lowest BCUT2D eigenvalue weighted by molar-refractivity contribution is 0.183. The molecule has 0 saturated carbocycles. The highest BCUT2D eigenvalue weighted by molar-refractivity contribution is 5.23. The summed E-state index contributed by atoms with van der Waals surface area (Å²) in [4.78, 5) is 2.18. The van der Waals surface area contributed by atoms with E-state index in [-0.39, 0.29) is 30.4 Å². The molecule has 1 aliphatic heterocycles. The lowest BCUT2D eigenvalue weighted by atomic mass is 9.99. The molecule has 0 bridgehead atoms. The Hall–Kier alpha value is -0.970. The van der Waals surface area contributed by atoms with Crippen LogP contribution in [0.4, 0.5) is 4.39 Å². The molecule has 0 aromatic heterocycles. The highest BCUT2D eigenvalue weighted by Crippen LogP contribution is 2.30. The third kappa shape index (κ3) is 2.71. The van der Waals surface area contributed by atoms with Crippen molar-refractivity contribution >= 4 is 0 Å². The van der Waals surface area contributed by atoms with Crippen molar-refractivity contribution in [2.75, 3.05) is 19.7 Å². The Balaban J connectivity index is 2.22. The van der Waals surface area contributed by atoms with Crippen molar-refractivity contribution in [2.24, 2.45) is 11.7 Å². The Morgan fingerprint density at radius 2 is 2.22 bits per heavy atom. The van der Waals surface area contributed by atoms with E-state index in [4.69, 9.17) is 5.73 Å². The zero-order valence-electron chi connectivity index (χ0n) is 10.7. The average Bonchev–Trinajstić information content (AvgIpc) is 2.80. The van der Waals surface area contributed by atoms with Gasteiger partial charge in [0.05, 0.1) is 6.04 Å². The van der Waals surface area contributed by atoms with Crippen LogP contribution in [0.5, 0.6) is 0 Å². The molecule has 3 atom stereocenters. The second-order valence-electron chi connectivity index (χ2n) is 5.16. The number of halogens is 1. The molecule has 1 aromatic carbocycles. The van der Waals surface area contributed by atoms with E-state index in [0.29, 0.717) is 5.56 Å². The number of likely N-dealkylation sites (tertiary alicyclic amines) is 1. The van der Waals surface area contributed by atoms with Crippen molar-refractivity contribution in [3.63, 3.8) is 0 Å². The first-order chi connectivity index (χ1) is 8.63. The van der Waals surface area contributed by atoms with Crippen molar-refractivity contribution in [1.29, 1.82) is 0 Å². The second kappa shape index (κ2) is 5.78. The van der Waals surface area contributed by atoms with E-state index in [1.165, 1.54) is 6.07 Å². The summed E-state index contributed by atoms with van der Waals surface area (Å²) < 4.78 is 13.9. The van der Waals surface area contributed by atoms with Gasteiger partial charge in [-0.2, -0.15) is 0 Å². The van der Waals surface area contributed by atoms with Gasteiger partial charge < -0.3 is 10.8 Å². The molecule has 0 amide bonds. The number of rotatable bonds is 4. The Kier molecular flexibility index (Phi) is 4.32. The molecule has 0 radical (unpaired) electrons. The van der Waals surface area contributed by atoms with E-state index in [9.17, 15) is 9.50 Å². The fraction of sp³-hybridized carbons (Fsp3) is 0.571. The number of hydrogen-bond donors (Lipinski definition) is 2. The zero-order chi connectivity index (χ0) is 13.1. The van der Waals surface area contributed by atoms with E-state index in [1.807, 2.05) is 13.0 Å². The van der Waals surface area contributed by atoms with Crippen LogP contribution in [0.1, 0.15) is 24.9 Å². The molecule has 1 heterocycles. The van der Waals surface area contributed by atoms with Crippen molar-refractivity contribution in [2.45, 2.75) is 25.4 Å². The summed E-state index contributed by atoms with van der Waals surface area (Å²) in [5.74, 6) is 0.0882. The molecule has 3 unspecified atom stereocenters.